The van der Waals surface area contributed by atoms with Crippen molar-refractivity contribution < 1.29 is 17.7 Å². The monoisotopic (exact) mass is 158 g/mol. The minimum atomic E-state index is -4.31. The molecular formula is C4H6F3OP. The van der Waals surface area contributed by atoms with Crippen molar-refractivity contribution in [1.82, 2.24) is 0 Å². The largest absolute Gasteiger partial charge is 0.402 e. The van der Waals surface area contributed by atoms with Gasteiger partial charge in [-0.3, -0.25) is 4.57 Å². The minimum absolute atomic E-state index is 0.130. The Morgan fingerprint density at radius 2 is 2.00 bits per heavy atom. The highest BCUT2D eigenvalue weighted by Crippen LogP contribution is 2.30. The van der Waals surface area contributed by atoms with Crippen LogP contribution in [0.1, 0.15) is 13.3 Å². The van der Waals surface area contributed by atoms with E-state index in [4.69, 9.17) is 0 Å². The summed E-state index contributed by atoms with van der Waals surface area (Å²) in [6.45, 7) is 1.35. The third-order valence-corrected chi connectivity index (χ3v) is 1.80. The molecule has 5 heteroatoms. The second-order valence-electron chi connectivity index (χ2n) is 1.57. The van der Waals surface area contributed by atoms with Gasteiger partial charge >= 0.3 is 6.18 Å². The molecule has 0 radical (unpaired) electrons. The second-order valence-corrected chi connectivity index (χ2v) is 2.41. The molecule has 0 aliphatic carbocycles. The van der Waals surface area contributed by atoms with Gasteiger partial charge in [-0.1, -0.05) is 6.92 Å². The van der Waals surface area contributed by atoms with Gasteiger partial charge in [-0.15, -0.1) is 0 Å². The minimum Gasteiger partial charge on any atom is -0.274 e. The van der Waals surface area contributed by atoms with Gasteiger partial charge in [-0.25, -0.2) is 0 Å². The first kappa shape index (κ1) is 8.89. The van der Waals surface area contributed by atoms with Crippen molar-refractivity contribution in [1.29, 1.82) is 0 Å². The molecule has 0 saturated carbocycles. The highest BCUT2D eigenvalue weighted by molar-refractivity contribution is 7.24. The Morgan fingerprint density at radius 1 is 1.56 bits per heavy atom. The summed E-state index contributed by atoms with van der Waals surface area (Å²) >= 11 is 0. The molecule has 0 aromatic heterocycles. The van der Waals surface area contributed by atoms with Gasteiger partial charge in [0.2, 0.25) is 0 Å². The molecule has 1 nitrogen and oxygen atoms in total. The molecule has 0 rings (SSSR count). The molecule has 0 aliphatic rings. The van der Waals surface area contributed by atoms with E-state index in [9.17, 15) is 17.7 Å². The van der Waals surface area contributed by atoms with Crippen LogP contribution in [0.5, 0.6) is 0 Å². The smallest absolute Gasteiger partial charge is 0.274 e. The molecule has 9 heavy (non-hydrogen) atoms. The lowest BCUT2D eigenvalue weighted by atomic mass is 10.3. The third-order valence-electron chi connectivity index (χ3n) is 0.892. The fraction of sp³-hybridized carbons (Fsp3) is 1.00. The van der Waals surface area contributed by atoms with Gasteiger partial charge in [0.05, 0.1) is 0 Å². The van der Waals surface area contributed by atoms with Crippen LogP contribution >= 0.6 is 8.46 Å². The van der Waals surface area contributed by atoms with E-state index in [0.717, 1.165) is 0 Å². The Labute approximate surface area is 52.5 Å². The maximum atomic E-state index is 11.5. The first-order valence-corrected chi connectivity index (χ1v) is 3.29. The SMILES string of the molecule is CCC(P=O)C(F)(F)F. The van der Waals surface area contributed by atoms with Crippen molar-refractivity contribution in [3.63, 3.8) is 0 Å². The first-order valence-electron chi connectivity index (χ1n) is 2.41. The predicted octanol–water partition coefficient (Wildman–Crippen LogP) is 2.62. The quantitative estimate of drug-likeness (QED) is 0.564. The van der Waals surface area contributed by atoms with Gasteiger partial charge in [-0.2, -0.15) is 13.2 Å². The van der Waals surface area contributed by atoms with E-state index in [1.54, 1.807) is 0 Å². The van der Waals surface area contributed by atoms with Gasteiger partial charge in [0, 0.05) is 0 Å². The standard InChI is InChI=1S/C4H6F3OP/c1-2-3(9-8)4(5,6)7/h3H,2H2,1H3. The van der Waals surface area contributed by atoms with Crippen LogP contribution in [0, 0.1) is 0 Å². The van der Waals surface area contributed by atoms with E-state index >= 15 is 0 Å². The van der Waals surface area contributed by atoms with Crippen LogP contribution in [0.25, 0.3) is 0 Å². The van der Waals surface area contributed by atoms with Crippen LogP contribution in [-0.2, 0) is 4.57 Å². The summed E-state index contributed by atoms with van der Waals surface area (Å²) in [5.74, 6) is 0. The van der Waals surface area contributed by atoms with Crippen LogP contribution in [0.2, 0.25) is 0 Å². The summed E-state index contributed by atoms with van der Waals surface area (Å²) < 4.78 is 44.3. The molecule has 0 amide bonds. The Bertz CT molecular complexity index is 100. The zero-order chi connectivity index (χ0) is 7.49. The van der Waals surface area contributed by atoms with E-state index < -0.39 is 20.3 Å². The molecule has 0 N–H and O–H groups in total. The molecule has 0 bridgehead atoms. The molecule has 0 heterocycles. The molecule has 0 saturated heterocycles. The van der Waals surface area contributed by atoms with E-state index in [1.807, 2.05) is 0 Å². The van der Waals surface area contributed by atoms with Crippen molar-refractivity contribution in [3.8, 4) is 0 Å². The highest BCUT2D eigenvalue weighted by atomic mass is 31.1. The second kappa shape index (κ2) is 3.16. The van der Waals surface area contributed by atoms with Gasteiger partial charge in [0.1, 0.15) is 5.66 Å². The fourth-order valence-electron chi connectivity index (χ4n) is 0.366. The first-order chi connectivity index (χ1) is 4.02. The highest BCUT2D eigenvalue weighted by Gasteiger charge is 2.38. The van der Waals surface area contributed by atoms with Crippen LogP contribution in [-0.4, -0.2) is 11.8 Å². The fourth-order valence-corrected chi connectivity index (χ4v) is 0.634. The molecule has 1 unspecified atom stereocenters. The molecule has 0 spiro atoms. The Kier molecular flexibility index (Phi) is 3.12. The van der Waals surface area contributed by atoms with E-state index in [1.165, 1.54) is 6.92 Å². The molecule has 0 aromatic rings. The number of halogens is 3. The Morgan fingerprint density at radius 3 is 2.00 bits per heavy atom. The van der Waals surface area contributed by atoms with Crippen LogP contribution in [0.4, 0.5) is 13.2 Å². The van der Waals surface area contributed by atoms with Gasteiger partial charge < -0.3 is 0 Å². The summed E-state index contributed by atoms with van der Waals surface area (Å²) in [6.07, 6.45) is -4.44. The zero-order valence-electron chi connectivity index (χ0n) is 4.77. The van der Waals surface area contributed by atoms with Crippen molar-refractivity contribution in [2.24, 2.45) is 0 Å². The van der Waals surface area contributed by atoms with E-state index in [0.29, 0.717) is 0 Å². The van der Waals surface area contributed by atoms with Gasteiger partial charge in [0.25, 0.3) is 0 Å². The molecule has 1 atom stereocenters. The number of alkyl halides is 3. The van der Waals surface area contributed by atoms with E-state index in [2.05, 4.69) is 0 Å². The molecular weight excluding hydrogens is 152 g/mol. The topological polar surface area (TPSA) is 17.1 Å². The summed E-state index contributed by atoms with van der Waals surface area (Å²) in [5.41, 5.74) is -1.68. The third kappa shape index (κ3) is 2.80. The summed E-state index contributed by atoms with van der Waals surface area (Å²) in [7, 11) is -0.836. The normalized spacial score (nSPS) is 16.0. The summed E-state index contributed by atoms with van der Waals surface area (Å²) in [4.78, 5) is 0. The lowest BCUT2D eigenvalue weighted by molar-refractivity contribution is -0.130. The lowest BCUT2D eigenvalue weighted by Crippen LogP contribution is -2.22. The van der Waals surface area contributed by atoms with Crippen molar-refractivity contribution in [2.45, 2.75) is 25.2 Å². The van der Waals surface area contributed by atoms with Crippen molar-refractivity contribution in [2.75, 3.05) is 0 Å². The van der Waals surface area contributed by atoms with Crippen molar-refractivity contribution in [3.05, 3.63) is 0 Å². The Hall–Kier alpha value is -0.110. The number of rotatable bonds is 2. The zero-order valence-corrected chi connectivity index (χ0v) is 5.67. The lowest BCUT2D eigenvalue weighted by Gasteiger charge is -2.09. The van der Waals surface area contributed by atoms with E-state index in [-0.39, 0.29) is 6.42 Å². The molecule has 0 aromatic carbocycles. The average Bonchev–Trinajstić information content (AvgIpc) is 1.65. The molecule has 0 fully saturated rings. The molecule has 54 valence electrons. The van der Waals surface area contributed by atoms with Crippen LogP contribution < -0.4 is 0 Å². The average molecular weight is 158 g/mol. The van der Waals surface area contributed by atoms with Crippen LogP contribution in [0.15, 0.2) is 0 Å². The maximum absolute atomic E-state index is 11.5. The summed E-state index contributed by atoms with van der Waals surface area (Å²) in [5, 5.41) is 0. The number of hydrogen-bond acceptors (Lipinski definition) is 1. The van der Waals surface area contributed by atoms with Gasteiger partial charge in [-0.05, 0) is 6.42 Å². The van der Waals surface area contributed by atoms with Crippen LogP contribution in [0.3, 0.4) is 0 Å². The Balaban J connectivity index is 3.94. The molecule has 0 aliphatic heterocycles. The maximum Gasteiger partial charge on any atom is 0.402 e. The van der Waals surface area contributed by atoms with Crippen molar-refractivity contribution >= 4 is 8.46 Å². The van der Waals surface area contributed by atoms with Gasteiger partial charge in [0.15, 0.2) is 8.46 Å². The number of hydrogen-bond donors (Lipinski definition) is 0. The summed E-state index contributed by atoms with van der Waals surface area (Å²) in [6, 6.07) is 0. The predicted molar refractivity (Wildman–Crippen MR) is 27.7 cm³/mol.